The van der Waals surface area contributed by atoms with E-state index < -0.39 is 0 Å². The molecular weight excluding hydrogens is 198 g/mol. The third-order valence-corrected chi connectivity index (χ3v) is 1.57. The molecule has 6 nitrogen and oxygen atoms in total. The summed E-state index contributed by atoms with van der Waals surface area (Å²) < 4.78 is 9.65. The zero-order valence-corrected chi connectivity index (χ0v) is 9.19. The topological polar surface area (TPSA) is 68.5 Å². The molecule has 0 atom stereocenters. The van der Waals surface area contributed by atoms with Gasteiger partial charge in [-0.3, -0.25) is 4.79 Å². The van der Waals surface area contributed by atoms with Crippen LogP contribution in [0.4, 0.5) is 0 Å². The van der Waals surface area contributed by atoms with Gasteiger partial charge in [0.15, 0.2) is 5.82 Å². The Balaban J connectivity index is 2.49. The highest BCUT2D eigenvalue weighted by Gasteiger charge is 2.11. The van der Waals surface area contributed by atoms with Crippen LogP contribution in [0.15, 0.2) is 4.52 Å². The van der Waals surface area contributed by atoms with E-state index >= 15 is 0 Å². The summed E-state index contributed by atoms with van der Waals surface area (Å²) in [7, 11) is 3.81. The number of hydrogen-bond acceptors (Lipinski definition) is 6. The maximum Gasteiger partial charge on any atom is 0.315 e. The molecule has 1 rings (SSSR count). The predicted molar refractivity (Wildman–Crippen MR) is 52.0 cm³/mol. The van der Waals surface area contributed by atoms with Crippen molar-refractivity contribution in [3.63, 3.8) is 0 Å². The van der Waals surface area contributed by atoms with Crippen LogP contribution in [-0.2, 0) is 22.5 Å². The van der Waals surface area contributed by atoms with Crippen LogP contribution in [0.25, 0.3) is 0 Å². The van der Waals surface area contributed by atoms with Crippen molar-refractivity contribution in [3.05, 3.63) is 11.7 Å². The predicted octanol–water partition coefficient (Wildman–Crippen LogP) is 0.237. The molecule has 0 aliphatic carbocycles. The molecule has 0 N–H and O–H groups in total. The molecule has 0 bridgehead atoms. The molecule has 0 aliphatic rings. The molecule has 1 aromatic rings. The van der Waals surface area contributed by atoms with Crippen LogP contribution in [0.1, 0.15) is 18.6 Å². The number of esters is 1. The zero-order chi connectivity index (χ0) is 11.3. The lowest BCUT2D eigenvalue weighted by molar-refractivity contribution is -0.142. The van der Waals surface area contributed by atoms with Gasteiger partial charge in [0.05, 0.1) is 13.2 Å². The first-order chi connectivity index (χ1) is 7.11. The SMILES string of the molecule is CCOC(=O)Cc1nc(CN(C)C)no1. The van der Waals surface area contributed by atoms with Crippen molar-refractivity contribution in [2.75, 3.05) is 20.7 Å². The van der Waals surface area contributed by atoms with Crippen LogP contribution in [0.3, 0.4) is 0 Å². The summed E-state index contributed by atoms with van der Waals surface area (Å²) in [5.74, 6) is 0.516. The fourth-order valence-corrected chi connectivity index (χ4v) is 1.04. The van der Waals surface area contributed by atoms with Crippen LogP contribution in [0.2, 0.25) is 0 Å². The number of carbonyl (C=O) groups is 1. The second kappa shape index (κ2) is 5.45. The summed E-state index contributed by atoms with van der Waals surface area (Å²) in [6.07, 6.45) is 0.0360. The van der Waals surface area contributed by atoms with Crippen LogP contribution in [0, 0.1) is 0 Å². The largest absolute Gasteiger partial charge is 0.466 e. The van der Waals surface area contributed by atoms with Gasteiger partial charge in [-0.15, -0.1) is 0 Å². The van der Waals surface area contributed by atoms with Crippen molar-refractivity contribution in [2.24, 2.45) is 0 Å². The lowest BCUT2D eigenvalue weighted by Crippen LogP contribution is -2.12. The quantitative estimate of drug-likeness (QED) is 0.652. The number of rotatable bonds is 5. The van der Waals surface area contributed by atoms with E-state index in [1.165, 1.54) is 0 Å². The maximum atomic E-state index is 11.1. The Labute approximate surface area is 88.2 Å². The lowest BCUT2D eigenvalue weighted by Gasteiger charge is -2.03. The highest BCUT2D eigenvalue weighted by molar-refractivity contribution is 5.71. The van der Waals surface area contributed by atoms with Gasteiger partial charge in [-0.1, -0.05) is 5.16 Å². The van der Waals surface area contributed by atoms with Gasteiger partial charge in [-0.2, -0.15) is 4.98 Å². The molecule has 6 heteroatoms. The molecular formula is C9H15N3O3. The van der Waals surface area contributed by atoms with Gasteiger partial charge in [0.2, 0.25) is 5.89 Å². The van der Waals surface area contributed by atoms with E-state index in [1.807, 2.05) is 19.0 Å². The summed E-state index contributed by atoms with van der Waals surface area (Å²) in [5.41, 5.74) is 0. The maximum absolute atomic E-state index is 11.1. The van der Waals surface area contributed by atoms with Crippen LogP contribution in [0.5, 0.6) is 0 Å². The number of ether oxygens (including phenoxy) is 1. The summed E-state index contributed by atoms with van der Waals surface area (Å²) >= 11 is 0. The van der Waals surface area contributed by atoms with Crippen molar-refractivity contribution in [1.82, 2.24) is 15.0 Å². The highest BCUT2D eigenvalue weighted by Crippen LogP contribution is 2.01. The average molecular weight is 213 g/mol. The fraction of sp³-hybridized carbons (Fsp3) is 0.667. The molecule has 0 fully saturated rings. The molecule has 0 spiro atoms. The van der Waals surface area contributed by atoms with Crippen molar-refractivity contribution in [1.29, 1.82) is 0 Å². The minimum absolute atomic E-state index is 0.0360. The van der Waals surface area contributed by atoms with E-state index in [1.54, 1.807) is 6.92 Å². The summed E-state index contributed by atoms with van der Waals surface area (Å²) in [6.45, 7) is 2.70. The minimum atomic E-state index is -0.349. The molecule has 15 heavy (non-hydrogen) atoms. The molecule has 0 aromatic carbocycles. The summed E-state index contributed by atoms with van der Waals surface area (Å²) in [5, 5.41) is 3.73. The molecule has 0 radical (unpaired) electrons. The van der Waals surface area contributed by atoms with E-state index in [0.29, 0.717) is 24.9 Å². The average Bonchev–Trinajstić information content (AvgIpc) is 2.51. The van der Waals surface area contributed by atoms with Gasteiger partial charge in [0.25, 0.3) is 0 Å². The second-order valence-corrected chi connectivity index (χ2v) is 3.32. The van der Waals surface area contributed by atoms with Gasteiger partial charge in [-0.25, -0.2) is 0 Å². The van der Waals surface area contributed by atoms with Gasteiger partial charge in [0, 0.05) is 0 Å². The summed E-state index contributed by atoms with van der Waals surface area (Å²) in [4.78, 5) is 17.1. The van der Waals surface area contributed by atoms with E-state index in [4.69, 9.17) is 9.26 Å². The Morgan fingerprint density at radius 1 is 1.53 bits per heavy atom. The fourth-order valence-electron chi connectivity index (χ4n) is 1.04. The van der Waals surface area contributed by atoms with Crippen molar-refractivity contribution < 1.29 is 14.1 Å². The Bertz CT molecular complexity index is 322. The Morgan fingerprint density at radius 3 is 2.87 bits per heavy atom. The minimum Gasteiger partial charge on any atom is -0.466 e. The van der Waals surface area contributed by atoms with E-state index in [9.17, 15) is 4.79 Å². The normalized spacial score (nSPS) is 10.7. The van der Waals surface area contributed by atoms with E-state index in [0.717, 1.165) is 0 Å². The Kier molecular flexibility index (Phi) is 4.23. The van der Waals surface area contributed by atoms with Gasteiger partial charge >= 0.3 is 5.97 Å². The van der Waals surface area contributed by atoms with Crippen LogP contribution >= 0.6 is 0 Å². The molecule has 0 amide bonds. The number of nitrogens with zero attached hydrogens (tertiary/aromatic N) is 3. The Morgan fingerprint density at radius 2 is 2.27 bits per heavy atom. The van der Waals surface area contributed by atoms with Gasteiger partial charge in [-0.05, 0) is 21.0 Å². The first-order valence-electron chi connectivity index (χ1n) is 4.73. The first-order valence-corrected chi connectivity index (χ1v) is 4.73. The third-order valence-electron chi connectivity index (χ3n) is 1.57. The van der Waals surface area contributed by atoms with Crippen LogP contribution in [-0.4, -0.2) is 41.7 Å². The van der Waals surface area contributed by atoms with Gasteiger partial charge < -0.3 is 14.2 Å². The lowest BCUT2D eigenvalue weighted by atomic mass is 10.4. The standard InChI is InChI=1S/C9H15N3O3/c1-4-14-9(13)5-8-10-7(11-15-8)6-12(2)3/h4-6H2,1-3H3. The van der Waals surface area contributed by atoms with Crippen molar-refractivity contribution >= 4 is 5.97 Å². The van der Waals surface area contributed by atoms with E-state index in [2.05, 4.69) is 10.1 Å². The highest BCUT2D eigenvalue weighted by atomic mass is 16.5. The number of aromatic nitrogens is 2. The molecule has 0 saturated carbocycles. The number of carbonyl (C=O) groups excluding carboxylic acids is 1. The molecule has 0 aliphatic heterocycles. The van der Waals surface area contributed by atoms with Crippen LogP contribution < -0.4 is 0 Å². The molecule has 1 heterocycles. The third kappa shape index (κ3) is 4.07. The van der Waals surface area contributed by atoms with Crippen molar-refractivity contribution in [3.8, 4) is 0 Å². The smallest absolute Gasteiger partial charge is 0.315 e. The molecule has 0 saturated heterocycles. The molecule has 84 valence electrons. The Hall–Kier alpha value is -1.43. The number of hydrogen-bond donors (Lipinski definition) is 0. The molecule has 0 unspecified atom stereocenters. The second-order valence-electron chi connectivity index (χ2n) is 3.32. The van der Waals surface area contributed by atoms with Gasteiger partial charge in [0.1, 0.15) is 6.42 Å². The summed E-state index contributed by atoms with van der Waals surface area (Å²) in [6, 6.07) is 0. The zero-order valence-electron chi connectivity index (χ0n) is 9.19. The molecule has 1 aromatic heterocycles. The monoisotopic (exact) mass is 213 g/mol. The van der Waals surface area contributed by atoms with Crippen molar-refractivity contribution in [2.45, 2.75) is 19.9 Å². The first kappa shape index (κ1) is 11.6. The van der Waals surface area contributed by atoms with E-state index in [-0.39, 0.29) is 12.4 Å².